The zero-order chi connectivity index (χ0) is 19.2. The Balaban J connectivity index is 0.000000253. The fraction of sp³-hybridized carbons (Fsp3) is 0.304. The highest BCUT2D eigenvalue weighted by molar-refractivity contribution is 6.05. The molecule has 3 aromatic rings. The van der Waals surface area contributed by atoms with Crippen LogP contribution in [0.15, 0.2) is 54.6 Å². The van der Waals surface area contributed by atoms with Crippen molar-refractivity contribution in [2.75, 3.05) is 0 Å². The first-order valence-corrected chi connectivity index (χ1v) is 9.51. The van der Waals surface area contributed by atoms with E-state index in [0.717, 1.165) is 11.3 Å². The van der Waals surface area contributed by atoms with Gasteiger partial charge in [-0.05, 0) is 31.4 Å². The maximum atomic E-state index is 11.6. The summed E-state index contributed by atoms with van der Waals surface area (Å²) in [7, 11) is 0. The highest BCUT2D eigenvalue weighted by atomic mass is 16.4. The van der Waals surface area contributed by atoms with Crippen LogP contribution in [0.2, 0.25) is 0 Å². The molecule has 0 amide bonds. The van der Waals surface area contributed by atoms with E-state index in [1.807, 2.05) is 55.5 Å². The van der Waals surface area contributed by atoms with Gasteiger partial charge >= 0.3 is 5.97 Å². The van der Waals surface area contributed by atoms with Crippen molar-refractivity contribution in [1.82, 2.24) is 4.98 Å². The first kappa shape index (κ1) is 19.1. The second-order valence-electron chi connectivity index (χ2n) is 7.05. The van der Waals surface area contributed by atoms with E-state index in [9.17, 15) is 9.90 Å². The average molecular weight is 362 g/mol. The van der Waals surface area contributed by atoms with Gasteiger partial charge in [0, 0.05) is 17.0 Å². The van der Waals surface area contributed by atoms with E-state index in [-0.39, 0.29) is 0 Å². The maximum Gasteiger partial charge on any atom is 0.336 e. The van der Waals surface area contributed by atoms with Crippen LogP contribution in [-0.4, -0.2) is 22.1 Å². The number of pyridine rings is 1. The molecule has 0 unspecified atom stereocenters. The van der Waals surface area contributed by atoms with Gasteiger partial charge in [0.1, 0.15) is 0 Å². The number of carbonyl (C=O) groups is 1. The van der Waals surface area contributed by atoms with E-state index in [4.69, 9.17) is 5.73 Å². The molecule has 1 aromatic heterocycles. The normalized spacial score (nSPS) is 14.4. The van der Waals surface area contributed by atoms with E-state index in [1.54, 1.807) is 6.07 Å². The number of aromatic nitrogens is 1. The molecule has 2 aromatic carbocycles. The molecule has 0 saturated heterocycles. The molecule has 0 radical (unpaired) electrons. The van der Waals surface area contributed by atoms with Gasteiger partial charge in [-0.3, -0.25) is 0 Å². The summed E-state index contributed by atoms with van der Waals surface area (Å²) in [5.41, 5.74) is 9.02. The van der Waals surface area contributed by atoms with Crippen LogP contribution in [0, 0.1) is 6.92 Å². The standard InChI is InChI=1S/C17H13NO2.C6H13N/c1-11-15(17(19)20)13-9-5-6-10-14(13)18-16(11)12-7-3-2-4-8-12;7-6-4-2-1-3-5-6/h2-10H,1H3,(H,19,20);6H,1-5,7H2. The van der Waals surface area contributed by atoms with Gasteiger partial charge in [0.25, 0.3) is 0 Å². The van der Waals surface area contributed by atoms with Gasteiger partial charge in [0.05, 0.1) is 16.8 Å². The maximum absolute atomic E-state index is 11.6. The Morgan fingerprint density at radius 3 is 2.22 bits per heavy atom. The molecule has 1 aliphatic rings. The molecule has 0 atom stereocenters. The predicted octanol–water partition coefficient (Wildman–Crippen LogP) is 5.19. The molecule has 1 heterocycles. The molecule has 0 bridgehead atoms. The van der Waals surface area contributed by atoms with Crippen molar-refractivity contribution < 1.29 is 9.90 Å². The number of carboxylic acid groups (broad SMARTS) is 1. The first-order chi connectivity index (χ1) is 13.1. The number of benzene rings is 2. The minimum absolute atomic E-state index is 0.328. The van der Waals surface area contributed by atoms with Crippen LogP contribution in [0.5, 0.6) is 0 Å². The number of fused-ring (bicyclic) bond motifs is 1. The zero-order valence-corrected chi connectivity index (χ0v) is 15.7. The molecule has 0 aliphatic heterocycles. The van der Waals surface area contributed by atoms with E-state index < -0.39 is 5.97 Å². The molecule has 27 heavy (non-hydrogen) atoms. The summed E-state index contributed by atoms with van der Waals surface area (Å²) in [6.07, 6.45) is 6.66. The largest absolute Gasteiger partial charge is 0.478 e. The lowest BCUT2D eigenvalue weighted by atomic mass is 9.97. The minimum atomic E-state index is -0.918. The summed E-state index contributed by atoms with van der Waals surface area (Å²) in [6, 6.07) is 17.5. The summed E-state index contributed by atoms with van der Waals surface area (Å²) in [5, 5.41) is 10.2. The monoisotopic (exact) mass is 362 g/mol. The Labute approximate surface area is 160 Å². The quantitative estimate of drug-likeness (QED) is 0.658. The van der Waals surface area contributed by atoms with Gasteiger partial charge in [0.15, 0.2) is 0 Å². The molecule has 3 N–H and O–H groups in total. The molecule has 4 heteroatoms. The Kier molecular flexibility index (Phi) is 6.20. The van der Waals surface area contributed by atoms with Crippen LogP contribution < -0.4 is 5.73 Å². The summed E-state index contributed by atoms with van der Waals surface area (Å²) < 4.78 is 0. The third-order valence-electron chi connectivity index (χ3n) is 5.05. The van der Waals surface area contributed by atoms with Gasteiger partial charge in [-0.2, -0.15) is 0 Å². The average Bonchev–Trinajstić information content (AvgIpc) is 2.69. The van der Waals surface area contributed by atoms with Gasteiger partial charge in [-0.1, -0.05) is 67.8 Å². The van der Waals surface area contributed by atoms with Crippen molar-refractivity contribution in [3.8, 4) is 11.3 Å². The smallest absolute Gasteiger partial charge is 0.336 e. The van der Waals surface area contributed by atoms with Crippen molar-refractivity contribution in [1.29, 1.82) is 0 Å². The molecule has 1 fully saturated rings. The first-order valence-electron chi connectivity index (χ1n) is 9.51. The lowest BCUT2D eigenvalue weighted by molar-refractivity contribution is 0.0698. The molecular formula is C23H26N2O2. The third-order valence-corrected chi connectivity index (χ3v) is 5.05. The Morgan fingerprint density at radius 1 is 1.00 bits per heavy atom. The van der Waals surface area contributed by atoms with Crippen LogP contribution in [0.25, 0.3) is 22.2 Å². The third kappa shape index (κ3) is 4.52. The van der Waals surface area contributed by atoms with Gasteiger partial charge in [-0.15, -0.1) is 0 Å². The number of hydrogen-bond donors (Lipinski definition) is 2. The van der Waals surface area contributed by atoms with E-state index >= 15 is 0 Å². The topological polar surface area (TPSA) is 76.2 Å². The highest BCUT2D eigenvalue weighted by Crippen LogP contribution is 2.29. The second kappa shape index (κ2) is 8.78. The van der Waals surface area contributed by atoms with Crippen LogP contribution in [0.4, 0.5) is 0 Å². The Hall–Kier alpha value is -2.72. The number of aromatic carboxylic acids is 1. The summed E-state index contributed by atoms with van der Waals surface area (Å²) >= 11 is 0. The van der Waals surface area contributed by atoms with Gasteiger partial charge in [0.2, 0.25) is 0 Å². The van der Waals surface area contributed by atoms with E-state index in [1.165, 1.54) is 32.1 Å². The van der Waals surface area contributed by atoms with Crippen LogP contribution >= 0.6 is 0 Å². The van der Waals surface area contributed by atoms with E-state index in [2.05, 4.69) is 4.98 Å². The number of carboxylic acids is 1. The minimum Gasteiger partial charge on any atom is -0.478 e. The number of para-hydroxylation sites is 1. The number of rotatable bonds is 2. The van der Waals surface area contributed by atoms with Crippen LogP contribution in [-0.2, 0) is 0 Å². The predicted molar refractivity (Wildman–Crippen MR) is 110 cm³/mol. The lowest BCUT2D eigenvalue weighted by Gasteiger charge is -2.15. The fourth-order valence-corrected chi connectivity index (χ4v) is 3.59. The summed E-state index contributed by atoms with van der Waals surface area (Å²) in [5.74, 6) is -0.918. The molecule has 1 saturated carbocycles. The number of nitrogens with zero attached hydrogens (tertiary/aromatic N) is 1. The fourth-order valence-electron chi connectivity index (χ4n) is 3.59. The number of nitrogens with two attached hydrogens (primary N) is 1. The summed E-state index contributed by atoms with van der Waals surface area (Å²) in [4.78, 5) is 16.2. The van der Waals surface area contributed by atoms with Gasteiger partial charge < -0.3 is 10.8 Å². The van der Waals surface area contributed by atoms with Crippen LogP contribution in [0.1, 0.15) is 48.0 Å². The molecular weight excluding hydrogens is 336 g/mol. The van der Waals surface area contributed by atoms with Crippen molar-refractivity contribution in [3.05, 3.63) is 65.7 Å². The molecule has 4 nitrogen and oxygen atoms in total. The Bertz CT molecular complexity index is 916. The van der Waals surface area contributed by atoms with Crippen LogP contribution in [0.3, 0.4) is 0 Å². The Morgan fingerprint density at radius 2 is 1.63 bits per heavy atom. The molecule has 0 spiro atoms. The lowest BCUT2D eigenvalue weighted by Crippen LogP contribution is -2.22. The zero-order valence-electron chi connectivity index (χ0n) is 15.7. The van der Waals surface area contributed by atoms with Crippen molar-refractivity contribution >= 4 is 16.9 Å². The highest BCUT2D eigenvalue weighted by Gasteiger charge is 2.17. The summed E-state index contributed by atoms with van der Waals surface area (Å²) in [6.45, 7) is 1.81. The SMILES string of the molecule is Cc1c(-c2ccccc2)nc2ccccc2c1C(=O)O.NC1CCCCC1. The molecule has 140 valence electrons. The number of hydrogen-bond acceptors (Lipinski definition) is 3. The molecule has 1 aliphatic carbocycles. The van der Waals surface area contributed by atoms with Crippen molar-refractivity contribution in [2.45, 2.75) is 45.1 Å². The van der Waals surface area contributed by atoms with Crippen molar-refractivity contribution in [2.24, 2.45) is 5.73 Å². The molecule has 4 rings (SSSR count). The van der Waals surface area contributed by atoms with E-state index in [0.29, 0.717) is 28.1 Å². The van der Waals surface area contributed by atoms with Crippen molar-refractivity contribution in [3.63, 3.8) is 0 Å². The second-order valence-corrected chi connectivity index (χ2v) is 7.05. The van der Waals surface area contributed by atoms with Gasteiger partial charge in [-0.25, -0.2) is 9.78 Å².